The van der Waals surface area contributed by atoms with Crippen molar-refractivity contribution in [2.24, 2.45) is 5.41 Å². The van der Waals surface area contributed by atoms with Gasteiger partial charge in [-0.2, -0.15) is 0 Å². The number of esters is 3. The highest BCUT2D eigenvalue weighted by Crippen LogP contribution is 2.22. The van der Waals surface area contributed by atoms with Gasteiger partial charge < -0.3 is 14.2 Å². The highest BCUT2D eigenvalue weighted by atomic mass is 16.6. The van der Waals surface area contributed by atoms with Crippen molar-refractivity contribution in [3.8, 4) is 0 Å². The summed E-state index contributed by atoms with van der Waals surface area (Å²) in [5.74, 6) is -5.03. The summed E-state index contributed by atoms with van der Waals surface area (Å²) in [4.78, 5) is 45.2. The Morgan fingerprint density at radius 3 is 1.44 bits per heavy atom. The van der Waals surface area contributed by atoms with E-state index < -0.39 is 29.1 Å². The van der Waals surface area contributed by atoms with E-state index in [1.54, 1.807) is 0 Å². The molecule has 0 fully saturated rings. The molecule has 7 heteroatoms. The number of carbonyl (C=O) groups excluding carboxylic acids is 4. The van der Waals surface area contributed by atoms with Crippen LogP contribution in [0.5, 0.6) is 0 Å². The summed E-state index contributed by atoms with van der Waals surface area (Å²) in [6.45, 7) is 0.934. The van der Waals surface area contributed by atoms with Crippen LogP contribution in [-0.2, 0) is 33.4 Å². The third-order valence-corrected chi connectivity index (χ3v) is 2.01. The maximum Gasteiger partial charge on any atom is 0.376 e. The first-order chi connectivity index (χ1) is 7.35. The van der Waals surface area contributed by atoms with Gasteiger partial charge in [0.15, 0.2) is 0 Å². The Morgan fingerprint density at radius 2 is 1.19 bits per heavy atom. The summed E-state index contributed by atoms with van der Waals surface area (Å²) in [6, 6.07) is 0. The Morgan fingerprint density at radius 1 is 0.812 bits per heavy atom. The van der Waals surface area contributed by atoms with E-state index in [-0.39, 0.29) is 0 Å². The van der Waals surface area contributed by atoms with Crippen LogP contribution in [0.2, 0.25) is 0 Å². The number of methoxy groups -OCH3 is 3. The number of Topliss-reactive ketones (excluding diaryl/α,β-unsaturated/α-hetero) is 1. The van der Waals surface area contributed by atoms with Crippen molar-refractivity contribution in [2.45, 2.75) is 6.92 Å². The summed E-state index contributed by atoms with van der Waals surface area (Å²) < 4.78 is 12.7. The molecule has 0 unspecified atom stereocenters. The first-order valence-electron chi connectivity index (χ1n) is 4.15. The van der Waals surface area contributed by atoms with E-state index in [4.69, 9.17) is 0 Å². The molecule has 0 heterocycles. The first kappa shape index (κ1) is 14.1. The van der Waals surface area contributed by atoms with Crippen LogP contribution in [0, 0.1) is 5.41 Å². The van der Waals surface area contributed by atoms with E-state index in [1.165, 1.54) is 0 Å². The van der Waals surface area contributed by atoms with Crippen molar-refractivity contribution in [1.29, 1.82) is 0 Å². The largest absolute Gasteiger partial charge is 0.468 e. The monoisotopic (exact) mass is 232 g/mol. The smallest absolute Gasteiger partial charge is 0.376 e. The quantitative estimate of drug-likeness (QED) is 0.267. The molecule has 90 valence electrons. The molecule has 0 rings (SSSR count). The van der Waals surface area contributed by atoms with Gasteiger partial charge in [-0.1, -0.05) is 0 Å². The highest BCUT2D eigenvalue weighted by Gasteiger charge is 2.54. The maximum absolute atomic E-state index is 11.5. The predicted octanol–water partition coefficient (Wildman–Crippen LogP) is -0.919. The fraction of sp³-hybridized carbons (Fsp3) is 0.556. The van der Waals surface area contributed by atoms with E-state index in [2.05, 4.69) is 14.2 Å². The molecule has 0 saturated heterocycles. The van der Waals surface area contributed by atoms with E-state index in [0.29, 0.717) is 0 Å². The van der Waals surface area contributed by atoms with Crippen LogP contribution in [0.25, 0.3) is 0 Å². The fourth-order valence-electron chi connectivity index (χ4n) is 0.974. The minimum atomic E-state index is -2.34. The Balaban J connectivity index is 5.41. The van der Waals surface area contributed by atoms with E-state index in [0.717, 1.165) is 28.3 Å². The summed E-state index contributed by atoms with van der Waals surface area (Å²) in [5, 5.41) is 0. The molecule has 0 aromatic heterocycles. The van der Waals surface area contributed by atoms with Crippen molar-refractivity contribution in [2.75, 3.05) is 21.3 Å². The molecule has 0 amide bonds. The van der Waals surface area contributed by atoms with Crippen LogP contribution >= 0.6 is 0 Å². The minimum absolute atomic E-state index is 0.934. The maximum atomic E-state index is 11.5. The number of carbonyl (C=O) groups is 4. The zero-order chi connectivity index (χ0) is 12.9. The summed E-state index contributed by atoms with van der Waals surface area (Å²) in [5.41, 5.74) is -2.34. The molecule has 0 saturated carbocycles. The lowest BCUT2D eigenvalue weighted by Crippen LogP contribution is -2.48. The van der Waals surface area contributed by atoms with Gasteiger partial charge in [0.2, 0.25) is 5.41 Å². The van der Waals surface area contributed by atoms with Crippen LogP contribution < -0.4 is 0 Å². The van der Waals surface area contributed by atoms with E-state index in [1.807, 2.05) is 0 Å². The molecular weight excluding hydrogens is 220 g/mol. The molecule has 0 aliphatic rings. The molecule has 16 heavy (non-hydrogen) atoms. The second kappa shape index (κ2) is 5.24. The molecule has 7 nitrogen and oxygen atoms in total. The normalized spacial score (nSPS) is 10.2. The third-order valence-electron chi connectivity index (χ3n) is 2.01. The molecule has 0 bridgehead atoms. The summed E-state index contributed by atoms with van der Waals surface area (Å²) in [7, 11) is 2.91. The van der Waals surface area contributed by atoms with E-state index >= 15 is 0 Å². The highest BCUT2D eigenvalue weighted by molar-refractivity contribution is 6.44. The summed E-state index contributed by atoms with van der Waals surface area (Å²) in [6.07, 6.45) is 0. The van der Waals surface area contributed by atoms with Gasteiger partial charge in [-0.3, -0.25) is 14.4 Å². The number of hydrogen-bond donors (Lipinski definition) is 0. The van der Waals surface area contributed by atoms with Crippen molar-refractivity contribution >= 4 is 23.7 Å². The standard InChI is InChI=1S/C9H12O7/c1-9(7(12)15-3,8(13)16-4)5(10)6(11)14-2/h1-4H3. The molecule has 0 aromatic carbocycles. The third kappa shape index (κ3) is 2.18. The molecule has 0 aliphatic carbocycles. The number of rotatable bonds is 4. The van der Waals surface area contributed by atoms with Crippen LogP contribution in [0.1, 0.15) is 6.92 Å². The predicted molar refractivity (Wildman–Crippen MR) is 49.2 cm³/mol. The Labute approximate surface area is 91.6 Å². The van der Waals surface area contributed by atoms with Crippen molar-refractivity contribution in [3.63, 3.8) is 0 Å². The van der Waals surface area contributed by atoms with E-state index in [9.17, 15) is 19.2 Å². The Hall–Kier alpha value is -1.92. The van der Waals surface area contributed by atoms with Gasteiger partial charge in [-0.15, -0.1) is 0 Å². The lowest BCUT2D eigenvalue weighted by atomic mass is 9.85. The molecular formula is C9H12O7. The van der Waals surface area contributed by atoms with Crippen molar-refractivity contribution in [1.82, 2.24) is 0 Å². The lowest BCUT2D eigenvalue weighted by molar-refractivity contribution is -0.175. The van der Waals surface area contributed by atoms with Gasteiger partial charge in [0.25, 0.3) is 5.78 Å². The lowest BCUT2D eigenvalue weighted by Gasteiger charge is -2.20. The van der Waals surface area contributed by atoms with Gasteiger partial charge >= 0.3 is 17.9 Å². The SMILES string of the molecule is COC(=O)C(=O)C(C)(C(=O)OC)C(=O)OC. The van der Waals surface area contributed by atoms with Crippen LogP contribution in [0.15, 0.2) is 0 Å². The minimum Gasteiger partial charge on any atom is -0.468 e. The zero-order valence-electron chi connectivity index (χ0n) is 9.36. The number of hydrogen-bond acceptors (Lipinski definition) is 7. The van der Waals surface area contributed by atoms with Gasteiger partial charge in [-0.05, 0) is 6.92 Å². The van der Waals surface area contributed by atoms with Gasteiger partial charge in [-0.25, -0.2) is 4.79 Å². The zero-order valence-corrected chi connectivity index (χ0v) is 9.36. The topological polar surface area (TPSA) is 96.0 Å². The van der Waals surface area contributed by atoms with Gasteiger partial charge in [0, 0.05) is 0 Å². The van der Waals surface area contributed by atoms with Gasteiger partial charge in [0.1, 0.15) is 0 Å². The molecule has 0 radical (unpaired) electrons. The molecule has 0 atom stereocenters. The first-order valence-corrected chi connectivity index (χ1v) is 4.15. The molecule has 0 spiro atoms. The van der Waals surface area contributed by atoms with Crippen molar-refractivity contribution in [3.05, 3.63) is 0 Å². The van der Waals surface area contributed by atoms with Gasteiger partial charge in [0.05, 0.1) is 21.3 Å². The molecule has 0 aliphatic heterocycles. The average molecular weight is 232 g/mol. The number of ketones is 1. The average Bonchev–Trinajstić information content (AvgIpc) is 2.33. The van der Waals surface area contributed by atoms with Crippen LogP contribution in [0.4, 0.5) is 0 Å². The van der Waals surface area contributed by atoms with Crippen LogP contribution in [-0.4, -0.2) is 45.0 Å². The second-order valence-electron chi connectivity index (χ2n) is 2.93. The Bertz CT molecular complexity index is 315. The fourth-order valence-corrected chi connectivity index (χ4v) is 0.974. The molecule has 0 N–H and O–H groups in total. The second-order valence-corrected chi connectivity index (χ2v) is 2.93. The van der Waals surface area contributed by atoms with Crippen LogP contribution in [0.3, 0.4) is 0 Å². The molecule has 0 aromatic rings. The summed E-state index contributed by atoms with van der Waals surface area (Å²) >= 11 is 0. The number of ether oxygens (including phenoxy) is 3. The Kier molecular flexibility index (Phi) is 4.61. The van der Waals surface area contributed by atoms with Crippen molar-refractivity contribution < 1.29 is 33.4 Å².